The van der Waals surface area contributed by atoms with E-state index in [1.165, 1.54) is 6.07 Å². The van der Waals surface area contributed by atoms with E-state index in [1.54, 1.807) is 18.3 Å². The average Bonchev–Trinajstić information content (AvgIpc) is 2.83. The van der Waals surface area contributed by atoms with Crippen LogP contribution in [0.5, 0.6) is 0 Å². The van der Waals surface area contributed by atoms with Crippen LogP contribution in [0.15, 0.2) is 18.3 Å². The minimum absolute atomic E-state index is 0.0634. The van der Waals surface area contributed by atoms with Gasteiger partial charge in [-0.2, -0.15) is 18.4 Å². The fourth-order valence-corrected chi connectivity index (χ4v) is 1.55. The highest BCUT2D eigenvalue weighted by Gasteiger charge is 2.37. The van der Waals surface area contributed by atoms with Gasteiger partial charge in [0.15, 0.2) is 17.2 Å². The van der Waals surface area contributed by atoms with Gasteiger partial charge in [0.05, 0.1) is 0 Å². The van der Waals surface area contributed by atoms with Gasteiger partial charge in [0.1, 0.15) is 11.8 Å². The van der Waals surface area contributed by atoms with Crippen LogP contribution in [-0.2, 0) is 12.6 Å². The number of imidazole rings is 1. The maximum Gasteiger partial charge on any atom is 0.434 e. The molecule has 0 aromatic carbocycles. The van der Waals surface area contributed by atoms with E-state index in [4.69, 9.17) is 5.26 Å². The van der Waals surface area contributed by atoms with Gasteiger partial charge >= 0.3 is 6.18 Å². The first-order chi connectivity index (χ1) is 8.95. The number of alkyl halides is 3. The normalized spacial score (nSPS) is 11.3. The van der Waals surface area contributed by atoms with Crippen molar-refractivity contribution < 1.29 is 13.2 Å². The lowest BCUT2D eigenvalue weighted by Gasteiger charge is -2.02. The molecule has 4 nitrogen and oxygen atoms in total. The molecule has 19 heavy (non-hydrogen) atoms. The van der Waals surface area contributed by atoms with Crippen LogP contribution in [0.4, 0.5) is 13.2 Å². The van der Waals surface area contributed by atoms with Crippen molar-refractivity contribution in [1.29, 1.82) is 5.26 Å². The van der Waals surface area contributed by atoms with Crippen molar-refractivity contribution in [1.82, 2.24) is 15.0 Å². The number of nitrogens with zero attached hydrogens (tertiary/aromatic N) is 3. The first kappa shape index (κ1) is 13.1. The van der Waals surface area contributed by atoms with Gasteiger partial charge in [-0.25, -0.2) is 4.98 Å². The van der Waals surface area contributed by atoms with Crippen molar-refractivity contribution in [3.05, 3.63) is 35.3 Å². The molecule has 2 heterocycles. The molecule has 0 unspecified atom stereocenters. The third kappa shape index (κ3) is 2.57. The number of nitrogens with one attached hydrogen (secondary N) is 1. The third-order valence-electron chi connectivity index (χ3n) is 2.57. The average molecular weight is 266 g/mol. The van der Waals surface area contributed by atoms with Gasteiger partial charge in [-0.15, -0.1) is 0 Å². The molecule has 1 N–H and O–H groups in total. The first-order valence-electron chi connectivity index (χ1n) is 5.48. The van der Waals surface area contributed by atoms with E-state index in [9.17, 15) is 13.2 Å². The molecule has 0 saturated carbocycles. The molecule has 2 aromatic heterocycles. The Morgan fingerprint density at radius 3 is 2.53 bits per heavy atom. The van der Waals surface area contributed by atoms with Crippen molar-refractivity contribution in [3.63, 3.8) is 0 Å². The van der Waals surface area contributed by atoms with Gasteiger partial charge in [-0.05, 0) is 18.1 Å². The van der Waals surface area contributed by atoms with Gasteiger partial charge in [0, 0.05) is 6.20 Å². The number of hydrogen-bond donors (Lipinski definition) is 1. The molecule has 2 aromatic rings. The van der Waals surface area contributed by atoms with Gasteiger partial charge in [0.25, 0.3) is 0 Å². The number of pyridine rings is 1. The molecule has 0 amide bonds. The second-order valence-electron chi connectivity index (χ2n) is 3.82. The summed E-state index contributed by atoms with van der Waals surface area (Å²) in [7, 11) is 0. The fraction of sp³-hybridized carbons (Fsp3) is 0.250. The van der Waals surface area contributed by atoms with Crippen LogP contribution in [0.1, 0.15) is 23.9 Å². The van der Waals surface area contributed by atoms with E-state index in [0.717, 1.165) is 12.0 Å². The summed E-state index contributed by atoms with van der Waals surface area (Å²) in [5, 5.41) is 8.67. The first-order valence-corrected chi connectivity index (χ1v) is 5.48. The Hall–Kier alpha value is -2.36. The summed E-state index contributed by atoms with van der Waals surface area (Å²) < 4.78 is 37.9. The summed E-state index contributed by atoms with van der Waals surface area (Å²) in [4.78, 5) is 9.75. The highest BCUT2D eigenvalue weighted by atomic mass is 19.4. The van der Waals surface area contributed by atoms with Crippen LogP contribution in [0, 0.1) is 11.3 Å². The molecule has 0 saturated heterocycles. The fourth-order valence-electron chi connectivity index (χ4n) is 1.55. The SMILES string of the molecule is CCc1ccc(-c2nc(C#N)c(C(F)(F)F)[nH]2)nc1. The highest BCUT2D eigenvalue weighted by Crippen LogP contribution is 2.31. The quantitative estimate of drug-likeness (QED) is 0.908. The molecule has 0 radical (unpaired) electrons. The number of rotatable bonds is 2. The number of aromatic nitrogens is 3. The molecule has 0 spiro atoms. The molecule has 0 atom stereocenters. The molecule has 0 aliphatic rings. The zero-order valence-corrected chi connectivity index (χ0v) is 9.91. The summed E-state index contributed by atoms with van der Waals surface area (Å²) in [5.41, 5.74) is -0.591. The number of aryl methyl sites for hydroxylation is 1. The Bertz CT molecular complexity index is 620. The van der Waals surface area contributed by atoms with Crippen LogP contribution in [0.25, 0.3) is 11.5 Å². The monoisotopic (exact) mass is 266 g/mol. The van der Waals surface area contributed by atoms with Crippen LogP contribution >= 0.6 is 0 Å². The van der Waals surface area contributed by atoms with E-state index in [2.05, 4.69) is 15.0 Å². The molecule has 0 aliphatic heterocycles. The van der Waals surface area contributed by atoms with Gasteiger partial charge in [-0.3, -0.25) is 4.98 Å². The molecule has 0 fully saturated rings. The lowest BCUT2D eigenvalue weighted by Crippen LogP contribution is -2.07. The predicted molar refractivity (Wildman–Crippen MR) is 60.9 cm³/mol. The molecular weight excluding hydrogens is 257 g/mol. The molecule has 0 aliphatic carbocycles. The Kier molecular flexibility index (Phi) is 3.25. The second kappa shape index (κ2) is 4.72. The van der Waals surface area contributed by atoms with Crippen molar-refractivity contribution in [2.45, 2.75) is 19.5 Å². The summed E-state index contributed by atoms with van der Waals surface area (Å²) >= 11 is 0. The van der Waals surface area contributed by atoms with Crippen molar-refractivity contribution >= 4 is 0 Å². The predicted octanol–water partition coefficient (Wildman–Crippen LogP) is 2.92. The number of H-pyrrole nitrogens is 1. The topological polar surface area (TPSA) is 65.4 Å². The van der Waals surface area contributed by atoms with Gasteiger partial charge in [-0.1, -0.05) is 13.0 Å². The summed E-state index contributed by atoms with van der Waals surface area (Å²) in [6.45, 7) is 1.94. The van der Waals surface area contributed by atoms with Gasteiger partial charge in [0.2, 0.25) is 0 Å². The summed E-state index contributed by atoms with van der Waals surface area (Å²) in [6.07, 6.45) is -2.29. The Morgan fingerprint density at radius 2 is 2.11 bits per heavy atom. The maximum absolute atomic E-state index is 12.6. The highest BCUT2D eigenvalue weighted by molar-refractivity contribution is 5.52. The van der Waals surface area contributed by atoms with E-state index in [-0.39, 0.29) is 11.5 Å². The Morgan fingerprint density at radius 1 is 1.37 bits per heavy atom. The Labute approximate surface area is 106 Å². The van der Waals surface area contributed by atoms with Crippen LogP contribution in [0.3, 0.4) is 0 Å². The second-order valence-corrected chi connectivity index (χ2v) is 3.82. The minimum atomic E-state index is -4.64. The number of nitriles is 1. The molecule has 7 heteroatoms. The largest absolute Gasteiger partial charge is 0.434 e. The lowest BCUT2D eigenvalue weighted by atomic mass is 10.2. The zero-order chi connectivity index (χ0) is 14.0. The van der Waals surface area contributed by atoms with Crippen LogP contribution in [-0.4, -0.2) is 15.0 Å². The van der Waals surface area contributed by atoms with Crippen molar-refractivity contribution in [2.75, 3.05) is 0 Å². The molecule has 2 rings (SSSR count). The van der Waals surface area contributed by atoms with E-state index < -0.39 is 17.6 Å². The minimum Gasteiger partial charge on any atom is -0.332 e. The van der Waals surface area contributed by atoms with E-state index >= 15 is 0 Å². The third-order valence-corrected chi connectivity index (χ3v) is 2.57. The Balaban J connectivity index is 2.46. The van der Waals surface area contributed by atoms with Gasteiger partial charge < -0.3 is 4.98 Å². The lowest BCUT2D eigenvalue weighted by molar-refractivity contribution is -0.141. The van der Waals surface area contributed by atoms with Crippen molar-refractivity contribution in [3.8, 4) is 17.6 Å². The molecular formula is C12H9F3N4. The van der Waals surface area contributed by atoms with Crippen LogP contribution in [0.2, 0.25) is 0 Å². The summed E-state index contributed by atoms with van der Waals surface area (Å²) in [6, 6.07) is 4.75. The standard InChI is InChI=1S/C12H9F3N4/c1-2-7-3-4-8(17-6-7)11-18-9(5-16)10(19-11)12(13,14)15/h3-4,6H,2H2,1H3,(H,18,19). The zero-order valence-electron chi connectivity index (χ0n) is 9.91. The van der Waals surface area contributed by atoms with Crippen LogP contribution < -0.4 is 0 Å². The smallest absolute Gasteiger partial charge is 0.332 e. The molecule has 0 bridgehead atoms. The number of aromatic amines is 1. The van der Waals surface area contributed by atoms with E-state index in [1.807, 2.05) is 6.92 Å². The van der Waals surface area contributed by atoms with E-state index in [0.29, 0.717) is 0 Å². The summed E-state index contributed by atoms with van der Waals surface area (Å²) in [5.74, 6) is -0.0634. The van der Waals surface area contributed by atoms with Crippen molar-refractivity contribution in [2.24, 2.45) is 0 Å². The molecule has 98 valence electrons. The number of hydrogen-bond acceptors (Lipinski definition) is 3. The number of halogens is 3. The maximum atomic E-state index is 12.6.